The van der Waals surface area contributed by atoms with E-state index in [0.717, 1.165) is 16.6 Å². The third-order valence-electron chi connectivity index (χ3n) is 3.53. The molecule has 0 saturated carbocycles. The first-order chi connectivity index (χ1) is 11.7. The van der Waals surface area contributed by atoms with Gasteiger partial charge in [0.2, 0.25) is 0 Å². The van der Waals surface area contributed by atoms with Crippen LogP contribution in [0.3, 0.4) is 0 Å². The Morgan fingerprint density at radius 2 is 1.79 bits per heavy atom. The summed E-state index contributed by atoms with van der Waals surface area (Å²) in [6.07, 6.45) is 1.59. The van der Waals surface area contributed by atoms with Crippen LogP contribution in [0.5, 0.6) is 0 Å². The molecule has 0 aliphatic rings. The summed E-state index contributed by atoms with van der Waals surface area (Å²) in [7, 11) is 0. The number of nitrogens with zero attached hydrogens (tertiary/aromatic N) is 2. The quantitative estimate of drug-likeness (QED) is 0.494. The van der Waals surface area contributed by atoms with E-state index in [1.165, 1.54) is 0 Å². The molecule has 4 rings (SSSR count). The zero-order valence-electron chi connectivity index (χ0n) is 12.3. The number of furan rings is 1. The van der Waals surface area contributed by atoms with Crippen molar-refractivity contribution in [3.8, 4) is 11.6 Å². The second kappa shape index (κ2) is 6.15. The van der Waals surface area contributed by atoms with Crippen molar-refractivity contribution in [2.45, 2.75) is 0 Å². The van der Waals surface area contributed by atoms with Crippen molar-refractivity contribution < 1.29 is 4.42 Å². The van der Waals surface area contributed by atoms with Gasteiger partial charge in [-0.1, -0.05) is 35.3 Å². The second-order valence-electron chi connectivity index (χ2n) is 5.14. The van der Waals surface area contributed by atoms with Crippen LogP contribution in [0.25, 0.3) is 22.5 Å². The summed E-state index contributed by atoms with van der Waals surface area (Å²) in [5, 5.41) is 5.25. The van der Waals surface area contributed by atoms with Crippen molar-refractivity contribution in [2.24, 2.45) is 0 Å². The van der Waals surface area contributed by atoms with Gasteiger partial charge in [-0.05, 0) is 42.5 Å². The normalized spacial score (nSPS) is 10.9. The Hall–Kier alpha value is -2.56. The minimum absolute atomic E-state index is 0.506. The molecular formula is C18H11Cl2N3O. The smallest absolute Gasteiger partial charge is 0.198 e. The van der Waals surface area contributed by atoms with Gasteiger partial charge in [0, 0.05) is 10.4 Å². The summed E-state index contributed by atoms with van der Waals surface area (Å²) >= 11 is 12.2. The number of para-hydroxylation sites is 1. The number of hydrogen-bond acceptors (Lipinski definition) is 4. The zero-order valence-corrected chi connectivity index (χ0v) is 13.8. The van der Waals surface area contributed by atoms with E-state index in [2.05, 4.69) is 15.3 Å². The molecule has 0 spiro atoms. The van der Waals surface area contributed by atoms with E-state index in [1.807, 2.05) is 36.4 Å². The van der Waals surface area contributed by atoms with Crippen molar-refractivity contribution in [1.82, 2.24) is 9.97 Å². The first-order valence-corrected chi connectivity index (χ1v) is 7.99. The van der Waals surface area contributed by atoms with Crippen LogP contribution in [-0.4, -0.2) is 9.97 Å². The lowest BCUT2D eigenvalue weighted by Gasteiger charge is -2.11. The summed E-state index contributed by atoms with van der Waals surface area (Å²) in [4.78, 5) is 9.15. The molecule has 0 aliphatic carbocycles. The van der Waals surface area contributed by atoms with Crippen molar-refractivity contribution in [2.75, 3.05) is 5.32 Å². The summed E-state index contributed by atoms with van der Waals surface area (Å²) in [6, 6.07) is 16.6. The summed E-state index contributed by atoms with van der Waals surface area (Å²) in [5.74, 6) is 1.76. The largest absolute Gasteiger partial charge is 0.461 e. The lowest BCUT2D eigenvalue weighted by Crippen LogP contribution is -1.99. The molecule has 0 radical (unpaired) electrons. The number of fused-ring (bicyclic) bond motifs is 1. The fraction of sp³-hybridized carbons (Fsp3) is 0. The minimum Gasteiger partial charge on any atom is -0.461 e. The average molecular weight is 356 g/mol. The fourth-order valence-corrected chi connectivity index (χ4v) is 2.86. The lowest BCUT2D eigenvalue weighted by atomic mass is 10.2. The fourth-order valence-electron chi connectivity index (χ4n) is 2.41. The third kappa shape index (κ3) is 2.82. The minimum atomic E-state index is 0.506. The highest BCUT2D eigenvalue weighted by Crippen LogP contribution is 2.31. The number of aromatic nitrogens is 2. The predicted octanol–water partition coefficient (Wildman–Crippen LogP) is 5.94. The van der Waals surface area contributed by atoms with Gasteiger partial charge in [-0.25, -0.2) is 9.97 Å². The van der Waals surface area contributed by atoms with Crippen molar-refractivity contribution in [1.29, 1.82) is 0 Å². The molecule has 0 aliphatic heterocycles. The molecule has 4 aromatic rings. The molecular weight excluding hydrogens is 345 g/mol. The van der Waals surface area contributed by atoms with Gasteiger partial charge in [-0.3, -0.25) is 0 Å². The molecule has 0 bridgehead atoms. The van der Waals surface area contributed by atoms with E-state index in [9.17, 15) is 0 Å². The predicted molar refractivity (Wildman–Crippen MR) is 97.0 cm³/mol. The Bertz CT molecular complexity index is 1020. The van der Waals surface area contributed by atoms with Crippen LogP contribution in [0.15, 0.2) is 65.3 Å². The van der Waals surface area contributed by atoms with E-state index >= 15 is 0 Å². The number of rotatable bonds is 3. The molecule has 4 nitrogen and oxygen atoms in total. The van der Waals surface area contributed by atoms with E-state index in [-0.39, 0.29) is 0 Å². The van der Waals surface area contributed by atoms with E-state index in [0.29, 0.717) is 27.4 Å². The van der Waals surface area contributed by atoms with E-state index in [1.54, 1.807) is 24.5 Å². The Morgan fingerprint density at radius 1 is 0.917 bits per heavy atom. The number of halogens is 2. The van der Waals surface area contributed by atoms with Gasteiger partial charge in [0.15, 0.2) is 11.6 Å². The molecule has 24 heavy (non-hydrogen) atoms. The van der Waals surface area contributed by atoms with Gasteiger partial charge in [-0.2, -0.15) is 0 Å². The number of benzene rings is 2. The summed E-state index contributed by atoms with van der Waals surface area (Å²) in [5.41, 5.74) is 1.53. The highest BCUT2D eigenvalue weighted by Gasteiger charge is 2.12. The summed E-state index contributed by atoms with van der Waals surface area (Å²) < 4.78 is 5.42. The van der Waals surface area contributed by atoms with Gasteiger partial charge < -0.3 is 9.73 Å². The molecule has 0 saturated heterocycles. The van der Waals surface area contributed by atoms with Crippen LogP contribution < -0.4 is 5.32 Å². The van der Waals surface area contributed by atoms with Crippen molar-refractivity contribution in [3.63, 3.8) is 0 Å². The molecule has 118 valence electrons. The Labute approximate surface area is 148 Å². The topological polar surface area (TPSA) is 51.0 Å². The molecule has 0 amide bonds. The molecule has 2 aromatic heterocycles. The monoisotopic (exact) mass is 355 g/mol. The standard InChI is InChI=1S/C18H11Cl2N3O/c19-11-7-8-15(13(20)10-11)22-17-12-4-1-2-5-14(12)21-18(23-17)16-6-3-9-24-16/h1-10H,(H,21,22,23). The molecule has 0 atom stereocenters. The number of hydrogen-bond donors (Lipinski definition) is 1. The van der Waals surface area contributed by atoms with Gasteiger partial charge in [0.25, 0.3) is 0 Å². The van der Waals surface area contributed by atoms with E-state index in [4.69, 9.17) is 27.6 Å². The molecule has 0 fully saturated rings. The van der Waals surface area contributed by atoms with Gasteiger partial charge in [0.1, 0.15) is 5.82 Å². The van der Waals surface area contributed by atoms with Gasteiger partial charge in [-0.15, -0.1) is 0 Å². The Morgan fingerprint density at radius 3 is 2.58 bits per heavy atom. The zero-order chi connectivity index (χ0) is 16.5. The number of anilines is 2. The highest BCUT2D eigenvalue weighted by molar-refractivity contribution is 6.36. The maximum atomic E-state index is 6.26. The maximum absolute atomic E-state index is 6.26. The molecule has 2 heterocycles. The molecule has 0 unspecified atom stereocenters. The van der Waals surface area contributed by atoms with Crippen molar-refractivity contribution in [3.05, 3.63) is 70.9 Å². The molecule has 6 heteroatoms. The van der Waals surface area contributed by atoms with Gasteiger partial charge in [0.05, 0.1) is 22.5 Å². The Balaban J connectivity index is 1.86. The molecule has 1 N–H and O–H groups in total. The van der Waals surface area contributed by atoms with Crippen LogP contribution in [0, 0.1) is 0 Å². The lowest BCUT2D eigenvalue weighted by molar-refractivity contribution is 0.577. The SMILES string of the molecule is Clc1ccc(Nc2nc(-c3ccco3)nc3ccccc23)c(Cl)c1. The van der Waals surface area contributed by atoms with Crippen LogP contribution in [-0.2, 0) is 0 Å². The first-order valence-electron chi connectivity index (χ1n) is 7.23. The van der Waals surface area contributed by atoms with Crippen LogP contribution in [0.2, 0.25) is 10.0 Å². The van der Waals surface area contributed by atoms with Gasteiger partial charge >= 0.3 is 0 Å². The van der Waals surface area contributed by atoms with Crippen molar-refractivity contribution >= 4 is 45.6 Å². The first kappa shape index (κ1) is 15.0. The van der Waals surface area contributed by atoms with Crippen LogP contribution in [0.4, 0.5) is 11.5 Å². The highest BCUT2D eigenvalue weighted by atomic mass is 35.5. The second-order valence-corrected chi connectivity index (χ2v) is 5.98. The Kier molecular flexibility index (Phi) is 3.84. The van der Waals surface area contributed by atoms with E-state index < -0.39 is 0 Å². The average Bonchev–Trinajstić information content (AvgIpc) is 3.12. The third-order valence-corrected chi connectivity index (χ3v) is 4.08. The number of nitrogens with one attached hydrogen (secondary N) is 1. The van der Waals surface area contributed by atoms with Crippen LogP contribution >= 0.6 is 23.2 Å². The maximum Gasteiger partial charge on any atom is 0.198 e. The summed E-state index contributed by atoms with van der Waals surface area (Å²) in [6.45, 7) is 0. The molecule has 2 aromatic carbocycles. The van der Waals surface area contributed by atoms with Crippen LogP contribution in [0.1, 0.15) is 0 Å².